The third-order valence-corrected chi connectivity index (χ3v) is 6.07. The average Bonchev–Trinajstić information content (AvgIpc) is 3.12. The lowest BCUT2D eigenvalue weighted by molar-refractivity contribution is -0.212. The van der Waals surface area contributed by atoms with Gasteiger partial charge in [-0.2, -0.15) is 9.87 Å². The van der Waals surface area contributed by atoms with E-state index in [9.17, 15) is 18.8 Å². The standard InChI is InChI=1S/C17H29N3O10P2/c1-3-5-9-25-30-31(22)29-13-11-16(20-8-7-15(18)19-17(20)21)28-14(13)12-27-32(23,24)26-10-6-4-2/h7-8,13-14,16H,3-6,9-12H2,1-2H3,(H2-,18,19,21,23,24)/p+1/t13-,14+,16+/m0/s1. The van der Waals surface area contributed by atoms with Gasteiger partial charge in [-0.15, -0.1) is 4.52 Å². The number of unbranched alkanes of at least 4 members (excludes halogenated alkanes) is 2. The predicted molar refractivity (Wildman–Crippen MR) is 112 cm³/mol. The number of hydrogen-bond donors (Lipinski definition) is 2. The van der Waals surface area contributed by atoms with Crippen LogP contribution in [0.15, 0.2) is 17.1 Å². The first kappa shape index (κ1) is 27.0. The molecule has 1 aromatic rings. The first-order valence-electron chi connectivity index (χ1n) is 10.3. The van der Waals surface area contributed by atoms with E-state index in [0.717, 1.165) is 12.8 Å². The monoisotopic (exact) mass is 498 g/mol. The van der Waals surface area contributed by atoms with E-state index >= 15 is 0 Å². The fourth-order valence-electron chi connectivity index (χ4n) is 2.72. The SMILES string of the molecule is CCCCOO[P+](=O)O[C@H]1C[C@H](n2ccc(N)nc2=O)O[C@@H]1COP(=O)(O)OCCCC. The Hall–Kier alpha value is -1.27. The van der Waals surface area contributed by atoms with Crippen LogP contribution in [0.2, 0.25) is 0 Å². The molecule has 2 unspecified atom stereocenters. The van der Waals surface area contributed by atoms with Gasteiger partial charge in [-0.25, -0.2) is 9.36 Å². The van der Waals surface area contributed by atoms with Crippen LogP contribution in [-0.2, 0) is 37.0 Å². The van der Waals surface area contributed by atoms with Gasteiger partial charge in [0.1, 0.15) is 24.3 Å². The molecular formula is C17H30N3O10P2+. The maximum Gasteiger partial charge on any atom is 0.729 e. The molecule has 1 aliphatic rings. The molecule has 13 nitrogen and oxygen atoms in total. The number of aromatic nitrogens is 2. The largest absolute Gasteiger partial charge is 0.729 e. The van der Waals surface area contributed by atoms with Crippen molar-refractivity contribution in [2.75, 3.05) is 25.6 Å². The molecule has 0 spiro atoms. The number of nitrogen functional groups attached to an aromatic ring is 1. The van der Waals surface area contributed by atoms with Crippen LogP contribution in [0.25, 0.3) is 0 Å². The van der Waals surface area contributed by atoms with Gasteiger partial charge >= 0.3 is 21.8 Å². The van der Waals surface area contributed by atoms with Crippen molar-refractivity contribution >= 4 is 21.9 Å². The van der Waals surface area contributed by atoms with Crippen molar-refractivity contribution in [3.63, 3.8) is 0 Å². The maximum absolute atomic E-state index is 12.1. The highest BCUT2D eigenvalue weighted by Gasteiger charge is 2.45. The molecule has 32 heavy (non-hydrogen) atoms. The van der Waals surface area contributed by atoms with Gasteiger partial charge in [-0.05, 0) is 18.9 Å². The van der Waals surface area contributed by atoms with E-state index in [0.29, 0.717) is 12.8 Å². The summed E-state index contributed by atoms with van der Waals surface area (Å²) >= 11 is 0. The minimum atomic E-state index is -4.33. The normalized spacial score (nSPS) is 23.2. The zero-order chi connectivity index (χ0) is 23.6. The van der Waals surface area contributed by atoms with E-state index in [4.69, 9.17) is 33.6 Å². The molecule has 1 saturated heterocycles. The van der Waals surface area contributed by atoms with Crippen LogP contribution < -0.4 is 11.4 Å². The van der Waals surface area contributed by atoms with E-state index in [2.05, 4.69) is 4.98 Å². The molecule has 15 heteroatoms. The second kappa shape index (κ2) is 13.4. The van der Waals surface area contributed by atoms with Gasteiger partial charge in [0.2, 0.25) is 0 Å². The van der Waals surface area contributed by atoms with Gasteiger partial charge < -0.3 is 15.4 Å². The Balaban J connectivity index is 2.03. The molecule has 0 bridgehead atoms. The van der Waals surface area contributed by atoms with Gasteiger partial charge in [-0.3, -0.25) is 13.6 Å². The Bertz CT molecular complexity index is 839. The van der Waals surface area contributed by atoms with Gasteiger partial charge in [0.25, 0.3) is 0 Å². The van der Waals surface area contributed by atoms with Gasteiger partial charge in [-0.1, -0.05) is 26.7 Å². The summed E-state index contributed by atoms with van der Waals surface area (Å²) < 4.78 is 51.1. The van der Waals surface area contributed by atoms with E-state index in [1.165, 1.54) is 16.8 Å². The summed E-state index contributed by atoms with van der Waals surface area (Å²) in [7, 11) is -7.01. The molecule has 1 fully saturated rings. The molecule has 0 radical (unpaired) electrons. The topological polar surface area (TPSA) is 171 Å². The molecular weight excluding hydrogens is 468 g/mol. The minimum Gasteiger partial charge on any atom is -0.383 e. The summed E-state index contributed by atoms with van der Waals surface area (Å²) in [5.74, 6) is 0.0445. The van der Waals surface area contributed by atoms with Crippen molar-refractivity contribution in [2.24, 2.45) is 0 Å². The Kier molecular flexibility index (Phi) is 11.3. The number of anilines is 1. The first-order valence-corrected chi connectivity index (χ1v) is 12.9. The number of phosphoric acid groups is 1. The molecule has 3 N–H and O–H groups in total. The lowest BCUT2D eigenvalue weighted by Crippen LogP contribution is -2.28. The van der Waals surface area contributed by atoms with Crippen molar-refractivity contribution < 1.29 is 41.9 Å². The Morgan fingerprint density at radius 1 is 1.31 bits per heavy atom. The molecule has 1 aliphatic heterocycles. The summed E-state index contributed by atoms with van der Waals surface area (Å²) in [6.45, 7) is 3.74. The number of nitrogens with zero attached hydrogens (tertiary/aromatic N) is 2. The third-order valence-electron chi connectivity index (χ3n) is 4.41. The van der Waals surface area contributed by atoms with Crippen LogP contribution in [0.5, 0.6) is 0 Å². The molecule has 0 aromatic carbocycles. The van der Waals surface area contributed by atoms with Gasteiger partial charge in [0.15, 0.2) is 0 Å². The lowest BCUT2D eigenvalue weighted by Gasteiger charge is -2.18. The zero-order valence-electron chi connectivity index (χ0n) is 18.0. The highest BCUT2D eigenvalue weighted by molar-refractivity contribution is 7.47. The smallest absolute Gasteiger partial charge is 0.383 e. The van der Waals surface area contributed by atoms with E-state index in [-0.39, 0.29) is 25.5 Å². The summed E-state index contributed by atoms with van der Waals surface area (Å²) in [6.07, 6.45) is 1.67. The zero-order valence-corrected chi connectivity index (χ0v) is 19.8. The van der Waals surface area contributed by atoms with Crippen molar-refractivity contribution in [3.8, 4) is 0 Å². The Morgan fingerprint density at radius 2 is 2.03 bits per heavy atom. The van der Waals surface area contributed by atoms with Crippen molar-refractivity contribution in [1.29, 1.82) is 0 Å². The second-order valence-corrected chi connectivity index (χ2v) is 9.24. The summed E-state index contributed by atoms with van der Waals surface area (Å²) in [5, 5.41) is 0. The Morgan fingerprint density at radius 3 is 2.72 bits per heavy atom. The quantitative estimate of drug-likeness (QED) is 0.157. The summed E-state index contributed by atoms with van der Waals surface area (Å²) in [5.41, 5.74) is 4.85. The van der Waals surface area contributed by atoms with Crippen LogP contribution in [0, 0.1) is 0 Å². The average molecular weight is 498 g/mol. The fourth-order valence-corrected chi connectivity index (χ4v) is 4.13. The molecule has 0 saturated carbocycles. The van der Waals surface area contributed by atoms with Crippen LogP contribution in [0.1, 0.15) is 52.2 Å². The first-order chi connectivity index (χ1) is 15.3. The summed E-state index contributed by atoms with van der Waals surface area (Å²) in [4.78, 5) is 30.4. The molecule has 5 atom stereocenters. The number of nitrogens with two attached hydrogens (primary N) is 1. The minimum absolute atomic E-state index is 0.0445. The molecule has 2 heterocycles. The lowest BCUT2D eigenvalue weighted by atomic mass is 10.2. The Labute approximate surface area is 186 Å². The van der Waals surface area contributed by atoms with Crippen molar-refractivity contribution in [3.05, 3.63) is 22.7 Å². The maximum atomic E-state index is 12.1. The highest BCUT2D eigenvalue weighted by atomic mass is 31.2. The number of phosphoric ester groups is 1. The molecule has 1 aromatic heterocycles. The van der Waals surface area contributed by atoms with Crippen LogP contribution in [0.4, 0.5) is 5.82 Å². The van der Waals surface area contributed by atoms with Gasteiger partial charge in [0, 0.05) is 17.2 Å². The molecule has 0 amide bonds. The van der Waals surface area contributed by atoms with E-state index in [1.54, 1.807) is 0 Å². The fraction of sp³-hybridized carbons (Fsp3) is 0.765. The van der Waals surface area contributed by atoms with Crippen LogP contribution in [-0.4, -0.2) is 46.5 Å². The number of hydrogen-bond acceptors (Lipinski definition) is 11. The number of rotatable bonds is 15. The predicted octanol–water partition coefficient (Wildman–Crippen LogP) is 2.84. The van der Waals surface area contributed by atoms with Crippen LogP contribution in [0.3, 0.4) is 0 Å². The number of ether oxygens (including phenoxy) is 1. The summed E-state index contributed by atoms with van der Waals surface area (Å²) in [6, 6.07) is 1.42. The van der Waals surface area contributed by atoms with Gasteiger partial charge in [0.05, 0.1) is 24.5 Å². The van der Waals surface area contributed by atoms with Crippen molar-refractivity contribution in [1.82, 2.24) is 9.55 Å². The molecule has 182 valence electrons. The van der Waals surface area contributed by atoms with E-state index < -0.39 is 46.8 Å². The highest BCUT2D eigenvalue weighted by Crippen LogP contribution is 2.45. The molecule has 2 rings (SSSR count). The van der Waals surface area contributed by atoms with E-state index in [1.807, 2.05) is 13.8 Å². The third kappa shape index (κ3) is 8.93. The van der Waals surface area contributed by atoms with Crippen molar-refractivity contribution in [2.45, 2.75) is 64.4 Å². The molecule has 0 aliphatic carbocycles. The van der Waals surface area contributed by atoms with Crippen LogP contribution >= 0.6 is 16.1 Å². The second-order valence-electron chi connectivity index (χ2n) is 6.98.